The molecule has 0 unspecified atom stereocenters. The second kappa shape index (κ2) is 8.95. The molecule has 0 aromatic heterocycles. The van der Waals surface area contributed by atoms with Crippen molar-refractivity contribution in [3.63, 3.8) is 0 Å². The lowest BCUT2D eigenvalue weighted by atomic mass is 9.89. The maximum Gasteiger partial charge on any atom is 0.138 e. The number of hydrogen-bond acceptors (Lipinski definition) is 5. The van der Waals surface area contributed by atoms with Crippen molar-refractivity contribution in [2.75, 3.05) is 44.2 Å². The Hall–Kier alpha value is -2.08. The first-order chi connectivity index (χ1) is 13.7. The number of phenols is 1. The van der Waals surface area contributed by atoms with Crippen LogP contribution in [0.3, 0.4) is 0 Å². The number of aliphatic hydroxyl groups excluding tert-OH is 1. The molecule has 0 radical (unpaired) electrons. The smallest absolute Gasteiger partial charge is 0.138 e. The lowest BCUT2D eigenvalue weighted by Crippen LogP contribution is -2.49. The molecule has 2 atom stereocenters. The third-order valence-electron chi connectivity index (χ3n) is 5.87. The fourth-order valence-electron chi connectivity index (χ4n) is 4.36. The maximum absolute atomic E-state index is 10.5. The van der Waals surface area contributed by atoms with E-state index < -0.39 is 6.10 Å². The van der Waals surface area contributed by atoms with Crippen LogP contribution in [0, 0.1) is 0 Å². The number of aromatic hydroxyl groups is 1. The summed E-state index contributed by atoms with van der Waals surface area (Å²) < 4.78 is 6.10. The zero-order chi connectivity index (χ0) is 19.3. The summed E-state index contributed by atoms with van der Waals surface area (Å²) in [4.78, 5) is 4.48. The van der Waals surface area contributed by atoms with Crippen molar-refractivity contribution in [3.05, 3.63) is 59.7 Å². The van der Waals surface area contributed by atoms with E-state index in [1.807, 2.05) is 18.2 Å². The van der Waals surface area contributed by atoms with E-state index in [0.717, 1.165) is 51.1 Å². The molecule has 2 aliphatic rings. The topological polar surface area (TPSA) is 56.2 Å². The number of aliphatic hydroxyl groups is 1. The molecular formula is C23H30N2O3. The fraction of sp³-hybridized carbons (Fsp3) is 0.478. The second-order valence-electron chi connectivity index (χ2n) is 7.84. The summed E-state index contributed by atoms with van der Waals surface area (Å²) in [5.74, 6) is 0.331. The molecule has 5 nitrogen and oxygen atoms in total. The van der Waals surface area contributed by atoms with Gasteiger partial charge in [-0.1, -0.05) is 36.4 Å². The average molecular weight is 383 g/mol. The van der Waals surface area contributed by atoms with Crippen LogP contribution in [0.2, 0.25) is 0 Å². The minimum absolute atomic E-state index is 0.109. The second-order valence-corrected chi connectivity index (χ2v) is 7.84. The first kappa shape index (κ1) is 19.2. The number of nitrogens with zero attached hydrogens (tertiary/aromatic N) is 2. The van der Waals surface area contributed by atoms with Gasteiger partial charge in [-0.15, -0.1) is 0 Å². The van der Waals surface area contributed by atoms with Crippen LogP contribution in [-0.4, -0.2) is 60.5 Å². The number of hydrogen-bond donors (Lipinski definition) is 2. The number of fused-ring (bicyclic) bond motifs is 1. The molecule has 2 aromatic carbocycles. The highest BCUT2D eigenvalue weighted by atomic mass is 16.5. The predicted octanol–water partition coefficient (Wildman–Crippen LogP) is 2.97. The Morgan fingerprint density at radius 1 is 1.00 bits per heavy atom. The van der Waals surface area contributed by atoms with Crippen LogP contribution in [0.1, 0.15) is 30.1 Å². The average Bonchev–Trinajstić information content (AvgIpc) is 2.73. The molecule has 0 saturated carbocycles. The van der Waals surface area contributed by atoms with E-state index in [0.29, 0.717) is 18.9 Å². The molecule has 1 aliphatic carbocycles. The normalized spacial score (nSPS) is 21.3. The van der Waals surface area contributed by atoms with Crippen LogP contribution >= 0.6 is 0 Å². The van der Waals surface area contributed by atoms with E-state index in [4.69, 9.17) is 4.74 Å². The highest BCUT2D eigenvalue weighted by Gasteiger charge is 2.24. The van der Waals surface area contributed by atoms with Crippen LogP contribution < -0.4 is 4.90 Å². The molecular weight excluding hydrogens is 352 g/mol. The van der Waals surface area contributed by atoms with Gasteiger partial charge < -0.3 is 19.8 Å². The monoisotopic (exact) mass is 382 g/mol. The molecule has 0 bridgehead atoms. The quantitative estimate of drug-likeness (QED) is 0.805. The first-order valence-electron chi connectivity index (χ1n) is 10.3. The Labute approximate surface area is 167 Å². The highest BCUT2D eigenvalue weighted by molar-refractivity contribution is 5.57. The van der Waals surface area contributed by atoms with Crippen LogP contribution in [0.5, 0.6) is 5.75 Å². The Kier molecular flexibility index (Phi) is 6.15. The van der Waals surface area contributed by atoms with E-state index in [9.17, 15) is 10.2 Å². The Balaban J connectivity index is 1.23. The molecule has 0 spiro atoms. The number of phenolic OH excluding ortho intramolecular Hbond substituents is 1. The maximum atomic E-state index is 10.5. The number of para-hydroxylation sites is 2. The van der Waals surface area contributed by atoms with E-state index in [1.54, 1.807) is 6.07 Å². The third-order valence-corrected chi connectivity index (χ3v) is 5.87. The van der Waals surface area contributed by atoms with Crippen molar-refractivity contribution in [2.24, 2.45) is 0 Å². The highest BCUT2D eigenvalue weighted by Crippen LogP contribution is 2.32. The van der Waals surface area contributed by atoms with Gasteiger partial charge in [0.2, 0.25) is 0 Å². The van der Waals surface area contributed by atoms with Crippen LogP contribution in [0.4, 0.5) is 5.69 Å². The summed E-state index contributed by atoms with van der Waals surface area (Å²) in [5, 5.41) is 20.5. The molecule has 150 valence electrons. The lowest BCUT2D eigenvalue weighted by Gasteiger charge is -2.37. The summed E-state index contributed by atoms with van der Waals surface area (Å²) in [6.45, 7) is 4.44. The minimum atomic E-state index is -0.481. The Morgan fingerprint density at radius 3 is 2.57 bits per heavy atom. The van der Waals surface area contributed by atoms with Crippen LogP contribution in [0.25, 0.3) is 0 Å². The number of benzene rings is 2. The largest absolute Gasteiger partial charge is 0.506 e. The van der Waals surface area contributed by atoms with Gasteiger partial charge in [-0.3, -0.25) is 4.90 Å². The summed E-state index contributed by atoms with van der Waals surface area (Å²) in [6, 6.07) is 16.0. The van der Waals surface area contributed by atoms with Crippen molar-refractivity contribution in [1.82, 2.24) is 4.90 Å². The van der Waals surface area contributed by atoms with Crippen molar-refractivity contribution >= 4 is 5.69 Å². The minimum Gasteiger partial charge on any atom is -0.506 e. The van der Waals surface area contributed by atoms with Gasteiger partial charge in [-0.2, -0.15) is 0 Å². The number of rotatable bonds is 6. The summed E-state index contributed by atoms with van der Waals surface area (Å²) in [5.41, 5.74) is 3.56. The summed E-state index contributed by atoms with van der Waals surface area (Å²) in [7, 11) is 0. The van der Waals surface area contributed by atoms with Gasteiger partial charge in [0, 0.05) is 32.7 Å². The molecule has 1 aliphatic heterocycles. The molecule has 4 rings (SSSR count). The Morgan fingerprint density at radius 2 is 1.75 bits per heavy atom. The molecule has 28 heavy (non-hydrogen) atoms. The molecule has 2 N–H and O–H groups in total. The van der Waals surface area contributed by atoms with Crippen LogP contribution in [-0.2, 0) is 11.2 Å². The summed E-state index contributed by atoms with van der Waals surface area (Å²) >= 11 is 0. The molecule has 1 saturated heterocycles. The van der Waals surface area contributed by atoms with E-state index >= 15 is 0 Å². The SMILES string of the molecule is Oc1ccccc1N1CCN(C[C@H](O)CO[C@H]2CCCc3ccccc32)CC1. The first-order valence-corrected chi connectivity index (χ1v) is 10.3. The zero-order valence-electron chi connectivity index (χ0n) is 16.3. The van der Waals surface area contributed by atoms with Gasteiger partial charge in [0.25, 0.3) is 0 Å². The van der Waals surface area contributed by atoms with Gasteiger partial charge in [-0.25, -0.2) is 0 Å². The van der Waals surface area contributed by atoms with Crippen molar-refractivity contribution in [3.8, 4) is 5.75 Å². The van der Waals surface area contributed by atoms with E-state index in [1.165, 1.54) is 11.1 Å². The van der Waals surface area contributed by atoms with Gasteiger partial charge in [0.05, 0.1) is 24.5 Å². The van der Waals surface area contributed by atoms with Gasteiger partial charge in [0.15, 0.2) is 0 Å². The lowest BCUT2D eigenvalue weighted by molar-refractivity contribution is -0.0285. The molecule has 2 aromatic rings. The van der Waals surface area contributed by atoms with Gasteiger partial charge >= 0.3 is 0 Å². The fourth-order valence-corrected chi connectivity index (χ4v) is 4.36. The number of piperazine rings is 1. The molecule has 0 amide bonds. The van der Waals surface area contributed by atoms with Crippen LogP contribution in [0.15, 0.2) is 48.5 Å². The third kappa shape index (κ3) is 4.49. The molecule has 1 heterocycles. The van der Waals surface area contributed by atoms with Gasteiger partial charge in [-0.05, 0) is 42.5 Å². The Bertz CT molecular complexity index is 774. The predicted molar refractivity (Wildman–Crippen MR) is 111 cm³/mol. The summed E-state index contributed by atoms with van der Waals surface area (Å²) in [6.07, 6.45) is 2.93. The van der Waals surface area contributed by atoms with Crippen molar-refractivity contribution in [1.29, 1.82) is 0 Å². The standard InChI is InChI=1S/C23H30N2O3/c26-19(17-28-23-11-5-7-18-6-1-2-8-20(18)23)16-24-12-14-25(15-13-24)21-9-3-4-10-22(21)27/h1-4,6,8-10,19,23,26-27H,5,7,11-17H2/t19-,23-/m0/s1. The number of ether oxygens (including phenoxy) is 1. The number of β-amino-alcohol motifs (C(OH)–C–C–N with tert-alkyl or cyclic N) is 1. The van der Waals surface area contributed by atoms with Gasteiger partial charge in [0.1, 0.15) is 5.75 Å². The molecule has 1 fully saturated rings. The van der Waals surface area contributed by atoms with E-state index in [2.05, 4.69) is 34.1 Å². The van der Waals surface area contributed by atoms with E-state index in [-0.39, 0.29) is 6.10 Å². The number of aryl methyl sites for hydroxylation is 1. The van der Waals surface area contributed by atoms with Crippen molar-refractivity contribution < 1.29 is 14.9 Å². The molecule has 5 heteroatoms. The number of anilines is 1. The zero-order valence-corrected chi connectivity index (χ0v) is 16.3. The van der Waals surface area contributed by atoms with Crippen molar-refractivity contribution in [2.45, 2.75) is 31.5 Å².